The maximum absolute atomic E-state index is 8.84. The Morgan fingerprint density at radius 2 is 1.82 bits per heavy atom. The van der Waals surface area contributed by atoms with Crippen LogP contribution in [0.4, 0.5) is 0 Å². The molecule has 17 heavy (non-hydrogen) atoms. The van der Waals surface area contributed by atoms with E-state index in [4.69, 9.17) is 16.7 Å². The summed E-state index contributed by atoms with van der Waals surface area (Å²) in [7, 11) is 0. The molecule has 0 amide bonds. The van der Waals surface area contributed by atoms with E-state index in [0.717, 1.165) is 29.0 Å². The third-order valence-electron chi connectivity index (χ3n) is 2.74. The molecule has 0 aromatic heterocycles. The molecule has 2 rings (SSSR count). The Kier molecular flexibility index (Phi) is 4.18. The first kappa shape index (κ1) is 12.2. The molecule has 0 saturated carbocycles. The van der Waals surface area contributed by atoms with E-state index in [0.29, 0.717) is 0 Å². The Morgan fingerprint density at radius 3 is 2.59 bits per heavy atom. The van der Waals surface area contributed by atoms with Gasteiger partial charge in [0.2, 0.25) is 0 Å². The minimum absolute atomic E-state index is 0.232. The molecule has 1 nitrogen and oxygen atoms in total. The third-order valence-corrected chi connectivity index (χ3v) is 3.06. The number of hydrogen-bond donors (Lipinski definition) is 1. The smallest absolute Gasteiger partial charge is 0.0484 e. The fourth-order valence-electron chi connectivity index (χ4n) is 1.87. The van der Waals surface area contributed by atoms with Crippen LogP contribution < -0.4 is 0 Å². The molecule has 0 heterocycles. The van der Waals surface area contributed by atoms with Crippen LogP contribution in [0.5, 0.6) is 0 Å². The third kappa shape index (κ3) is 3.09. The Balaban J connectivity index is 2.30. The van der Waals surface area contributed by atoms with Crippen LogP contribution in [0.1, 0.15) is 12.0 Å². The highest BCUT2D eigenvalue weighted by Crippen LogP contribution is 2.28. The molecule has 88 valence electrons. The Morgan fingerprint density at radius 1 is 1.00 bits per heavy atom. The van der Waals surface area contributed by atoms with E-state index in [2.05, 4.69) is 18.2 Å². The van der Waals surface area contributed by atoms with Gasteiger partial charge in [-0.25, -0.2) is 0 Å². The molecule has 2 heteroatoms. The standard InChI is InChI=1S/C15H15ClO/c16-15-9-2-1-8-14(15)13-7-3-5-12(11-13)6-4-10-17/h1-3,5,7-9,11,17H,4,6,10H2. The zero-order valence-corrected chi connectivity index (χ0v) is 10.3. The predicted octanol–water partition coefficient (Wildman–Crippen LogP) is 3.93. The summed E-state index contributed by atoms with van der Waals surface area (Å²) >= 11 is 6.18. The first-order valence-electron chi connectivity index (χ1n) is 5.76. The number of aliphatic hydroxyl groups is 1. The Bertz CT molecular complexity index is 494. The van der Waals surface area contributed by atoms with Crippen LogP contribution >= 0.6 is 11.6 Å². The van der Waals surface area contributed by atoms with Gasteiger partial charge in [0.05, 0.1) is 0 Å². The Labute approximate surface area is 107 Å². The van der Waals surface area contributed by atoms with Gasteiger partial charge in [0.25, 0.3) is 0 Å². The molecule has 0 atom stereocenters. The quantitative estimate of drug-likeness (QED) is 0.867. The fraction of sp³-hybridized carbons (Fsp3) is 0.200. The van der Waals surface area contributed by atoms with E-state index < -0.39 is 0 Å². The molecule has 0 aliphatic rings. The van der Waals surface area contributed by atoms with E-state index >= 15 is 0 Å². The summed E-state index contributed by atoms with van der Waals surface area (Å²) in [6.07, 6.45) is 1.70. The highest BCUT2D eigenvalue weighted by molar-refractivity contribution is 6.33. The van der Waals surface area contributed by atoms with Crippen molar-refractivity contribution < 1.29 is 5.11 Å². The molecule has 1 N–H and O–H groups in total. The molecule has 0 unspecified atom stereocenters. The van der Waals surface area contributed by atoms with Gasteiger partial charge in [0.1, 0.15) is 0 Å². The molecule has 0 aliphatic carbocycles. The highest BCUT2D eigenvalue weighted by Gasteiger charge is 2.03. The van der Waals surface area contributed by atoms with Gasteiger partial charge in [0.15, 0.2) is 0 Å². The van der Waals surface area contributed by atoms with Gasteiger partial charge >= 0.3 is 0 Å². The number of halogens is 1. The minimum atomic E-state index is 0.232. The average molecular weight is 247 g/mol. The van der Waals surface area contributed by atoms with Gasteiger partial charge < -0.3 is 5.11 Å². The Hall–Kier alpha value is -1.31. The van der Waals surface area contributed by atoms with Crippen molar-refractivity contribution in [2.24, 2.45) is 0 Å². The van der Waals surface area contributed by atoms with Crippen LogP contribution in [0.3, 0.4) is 0 Å². The van der Waals surface area contributed by atoms with Crippen molar-refractivity contribution in [1.29, 1.82) is 0 Å². The SMILES string of the molecule is OCCCc1cccc(-c2ccccc2Cl)c1. The lowest BCUT2D eigenvalue weighted by atomic mass is 10.0. The summed E-state index contributed by atoms with van der Waals surface area (Å²) < 4.78 is 0. The number of rotatable bonds is 4. The van der Waals surface area contributed by atoms with Crippen molar-refractivity contribution >= 4 is 11.6 Å². The summed E-state index contributed by atoms with van der Waals surface area (Å²) in [5.74, 6) is 0. The fourth-order valence-corrected chi connectivity index (χ4v) is 2.12. The maximum atomic E-state index is 8.84. The van der Waals surface area contributed by atoms with E-state index in [-0.39, 0.29) is 6.61 Å². The van der Waals surface area contributed by atoms with Crippen LogP contribution in [0.2, 0.25) is 5.02 Å². The van der Waals surface area contributed by atoms with Gasteiger partial charge in [-0.15, -0.1) is 0 Å². The monoisotopic (exact) mass is 246 g/mol. The van der Waals surface area contributed by atoms with E-state index in [1.165, 1.54) is 5.56 Å². The zero-order valence-electron chi connectivity index (χ0n) is 9.57. The van der Waals surface area contributed by atoms with Gasteiger partial charge in [-0.3, -0.25) is 0 Å². The molecular weight excluding hydrogens is 232 g/mol. The molecule has 0 radical (unpaired) electrons. The van der Waals surface area contributed by atoms with Crippen molar-refractivity contribution in [3.63, 3.8) is 0 Å². The second kappa shape index (κ2) is 5.85. The lowest BCUT2D eigenvalue weighted by molar-refractivity contribution is 0.288. The van der Waals surface area contributed by atoms with Crippen LogP contribution in [0.15, 0.2) is 48.5 Å². The number of hydrogen-bond acceptors (Lipinski definition) is 1. The minimum Gasteiger partial charge on any atom is -0.396 e. The van der Waals surface area contributed by atoms with Gasteiger partial charge in [0, 0.05) is 17.2 Å². The first-order valence-corrected chi connectivity index (χ1v) is 6.14. The summed E-state index contributed by atoms with van der Waals surface area (Å²) in [6.45, 7) is 0.232. The average Bonchev–Trinajstić information content (AvgIpc) is 2.37. The lowest BCUT2D eigenvalue weighted by Crippen LogP contribution is -1.90. The van der Waals surface area contributed by atoms with Gasteiger partial charge in [-0.05, 0) is 30.0 Å². The zero-order chi connectivity index (χ0) is 12.1. The molecule has 0 spiro atoms. The van der Waals surface area contributed by atoms with Gasteiger partial charge in [-0.1, -0.05) is 54.1 Å². The summed E-state index contributed by atoms with van der Waals surface area (Å²) in [5.41, 5.74) is 3.42. The molecule has 2 aromatic rings. The van der Waals surface area contributed by atoms with Crippen LogP contribution in [0.25, 0.3) is 11.1 Å². The normalized spacial score (nSPS) is 10.5. The summed E-state index contributed by atoms with van der Waals surface area (Å²) in [6, 6.07) is 16.1. The molecule has 2 aromatic carbocycles. The second-order valence-corrected chi connectivity index (χ2v) is 4.41. The van der Waals surface area contributed by atoms with E-state index in [1.807, 2.05) is 30.3 Å². The lowest BCUT2D eigenvalue weighted by Gasteiger charge is -2.06. The van der Waals surface area contributed by atoms with Crippen molar-refractivity contribution in [2.45, 2.75) is 12.8 Å². The van der Waals surface area contributed by atoms with Crippen LogP contribution in [-0.2, 0) is 6.42 Å². The highest BCUT2D eigenvalue weighted by atomic mass is 35.5. The molecule has 0 aliphatic heterocycles. The van der Waals surface area contributed by atoms with Crippen molar-refractivity contribution in [1.82, 2.24) is 0 Å². The van der Waals surface area contributed by atoms with Crippen LogP contribution in [-0.4, -0.2) is 11.7 Å². The van der Waals surface area contributed by atoms with Gasteiger partial charge in [-0.2, -0.15) is 0 Å². The summed E-state index contributed by atoms with van der Waals surface area (Å²) in [4.78, 5) is 0. The second-order valence-electron chi connectivity index (χ2n) is 4.01. The molecular formula is C15H15ClO. The number of aliphatic hydroxyl groups excluding tert-OH is 1. The topological polar surface area (TPSA) is 20.2 Å². The van der Waals surface area contributed by atoms with E-state index in [1.54, 1.807) is 0 Å². The predicted molar refractivity (Wildman–Crippen MR) is 72.3 cm³/mol. The van der Waals surface area contributed by atoms with Crippen LogP contribution in [0, 0.1) is 0 Å². The van der Waals surface area contributed by atoms with E-state index in [9.17, 15) is 0 Å². The number of aryl methyl sites for hydroxylation is 1. The molecule has 0 bridgehead atoms. The first-order chi connectivity index (χ1) is 8.31. The van der Waals surface area contributed by atoms with Crippen molar-refractivity contribution in [3.05, 3.63) is 59.1 Å². The maximum Gasteiger partial charge on any atom is 0.0484 e. The van der Waals surface area contributed by atoms with Crippen molar-refractivity contribution in [3.8, 4) is 11.1 Å². The number of benzene rings is 2. The molecule has 0 saturated heterocycles. The summed E-state index contributed by atoms with van der Waals surface area (Å²) in [5, 5.41) is 9.61. The molecule has 0 fully saturated rings. The van der Waals surface area contributed by atoms with Crippen molar-refractivity contribution in [2.75, 3.05) is 6.61 Å². The largest absolute Gasteiger partial charge is 0.396 e.